The Morgan fingerprint density at radius 3 is 2.40 bits per heavy atom. The predicted octanol–water partition coefficient (Wildman–Crippen LogP) is 4.57. The standard InChI is InChI=1S/C14H13Cl/c1-2-11-7-9-12(10-8-11)13-5-3-4-6-14(13)15/h3-10H,2H2,1H3/i3D,4D,5D,6D,7D,8D,9D,10D. The summed E-state index contributed by atoms with van der Waals surface area (Å²) >= 11 is 6.03. The zero-order chi connectivity index (χ0) is 17.6. The monoisotopic (exact) mass is 224 g/mol. The minimum Gasteiger partial charge on any atom is -0.0837 e. The van der Waals surface area contributed by atoms with Crippen molar-refractivity contribution in [2.75, 3.05) is 0 Å². The fraction of sp³-hybridized carbons (Fsp3) is 0.143. The molecule has 2 rings (SSSR count). The number of rotatable bonds is 2. The first-order valence-electron chi connectivity index (χ1n) is 8.50. The first-order chi connectivity index (χ1) is 10.6. The Bertz CT molecular complexity index is 757. The third-order valence-electron chi connectivity index (χ3n) is 1.92. The molecule has 0 aliphatic rings. The van der Waals surface area contributed by atoms with Gasteiger partial charge in [-0.15, -0.1) is 0 Å². The Morgan fingerprint density at radius 2 is 1.73 bits per heavy atom. The van der Waals surface area contributed by atoms with Crippen LogP contribution in [0.5, 0.6) is 0 Å². The van der Waals surface area contributed by atoms with Gasteiger partial charge in [-0.25, -0.2) is 0 Å². The second-order valence-corrected chi connectivity index (χ2v) is 3.27. The van der Waals surface area contributed by atoms with Gasteiger partial charge in [0.05, 0.1) is 11.0 Å². The lowest BCUT2D eigenvalue weighted by Crippen LogP contribution is -1.82. The molecule has 0 heterocycles. The van der Waals surface area contributed by atoms with Crippen molar-refractivity contribution in [2.45, 2.75) is 13.3 Å². The molecule has 15 heavy (non-hydrogen) atoms. The first-order valence-corrected chi connectivity index (χ1v) is 4.88. The maximum atomic E-state index is 8.10. The fourth-order valence-corrected chi connectivity index (χ4v) is 1.30. The Hall–Kier alpha value is -1.27. The molecule has 0 N–H and O–H groups in total. The van der Waals surface area contributed by atoms with Crippen LogP contribution in [0.3, 0.4) is 0 Å². The van der Waals surface area contributed by atoms with Gasteiger partial charge in [-0.3, -0.25) is 0 Å². The number of hydrogen-bond donors (Lipinski definition) is 0. The lowest BCUT2D eigenvalue weighted by atomic mass is 10.0. The average Bonchev–Trinajstić information content (AvgIpc) is 2.53. The van der Waals surface area contributed by atoms with Crippen LogP contribution in [-0.4, -0.2) is 0 Å². The quantitative estimate of drug-likeness (QED) is 0.701. The third kappa shape index (κ3) is 2.21. The topological polar surface area (TPSA) is 0 Å². The molecule has 0 radical (unpaired) electrons. The number of hydrogen-bond acceptors (Lipinski definition) is 0. The number of halogens is 1. The van der Waals surface area contributed by atoms with Crippen LogP contribution < -0.4 is 0 Å². The van der Waals surface area contributed by atoms with Gasteiger partial charge in [-0.2, -0.15) is 0 Å². The molecular weight excluding hydrogens is 204 g/mol. The van der Waals surface area contributed by atoms with Gasteiger partial charge in [0.2, 0.25) is 0 Å². The summed E-state index contributed by atoms with van der Waals surface area (Å²) in [6, 6.07) is -3.20. The maximum Gasteiger partial charge on any atom is 0.0639 e. The van der Waals surface area contributed by atoms with E-state index in [1.54, 1.807) is 6.92 Å². The first kappa shape index (κ1) is 4.31. The smallest absolute Gasteiger partial charge is 0.0639 e. The summed E-state index contributed by atoms with van der Waals surface area (Å²) < 4.78 is 63.2. The summed E-state index contributed by atoms with van der Waals surface area (Å²) in [5, 5.41) is -0.318. The molecular formula is C14H13Cl. The molecule has 76 valence electrons. The van der Waals surface area contributed by atoms with Crippen LogP contribution in [-0.2, 0) is 6.42 Å². The Balaban J connectivity index is 3.01. The molecule has 2 aromatic rings. The summed E-state index contributed by atoms with van der Waals surface area (Å²) in [6.45, 7) is 1.71. The molecule has 0 fully saturated rings. The van der Waals surface area contributed by atoms with Crippen molar-refractivity contribution in [1.82, 2.24) is 0 Å². The highest BCUT2D eigenvalue weighted by atomic mass is 35.5. The van der Waals surface area contributed by atoms with E-state index in [-0.39, 0.29) is 45.9 Å². The van der Waals surface area contributed by atoms with Gasteiger partial charge in [-0.05, 0) is 23.6 Å². The second kappa shape index (κ2) is 4.50. The van der Waals surface area contributed by atoms with Crippen LogP contribution in [0.4, 0.5) is 0 Å². The fourth-order valence-electron chi connectivity index (χ4n) is 1.11. The Morgan fingerprint density at radius 1 is 1.07 bits per heavy atom. The molecule has 2 aromatic carbocycles. The summed E-state index contributed by atoms with van der Waals surface area (Å²) in [6.07, 6.45) is 0.316. The molecule has 0 saturated carbocycles. The Labute approximate surface area is 107 Å². The largest absolute Gasteiger partial charge is 0.0837 e. The van der Waals surface area contributed by atoms with Crippen LogP contribution in [0.25, 0.3) is 11.1 Å². The van der Waals surface area contributed by atoms with E-state index in [1.165, 1.54) is 0 Å². The van der Waals surface area contributed by atoms with Gasteiger partial charge in [0.15, 0.2) is 0 Å². The molecule has 1 heteroatoms. The predicted molar refractivity (Wildman–Crippen MR) is 66.3 cm³/mol. The normalized spacial score (nSPS) is 17.7. The summed E-state index contributed by atoms with van der Waals surface area (Å²) in [7, 11) is 0. The van der Waals surface area contributed by atoms with Crippen molar-refractivity contribution in [1.29, 1.82) is 0 Å². The molecule has 0 unspecified atom stereocenters. The van der Waals surface area contributed by atoms with Crippen LogP contribution in [0.15, 0.2) is 48.3 Å². The van der Waals surface area contributed by atoms with Crippen LogP contribution >= 0.6 is 11.6 Å². The van der Waals surface area contributed by atoms with Gasteiger partial charge in [0.1, 0.15) is 0 Å². The van der Waals surface area contributed by atoms with Crippen molar-refractivity contribution >= 4 is 11.6 Å². The zero-order valence-corrected chi connectivity index (χ0v) is 8.84. The maximum absolute atomic E-state index is 8.10. The van der Waals surface area contributed by atoms with E-state index in [0.29, 0.717) is 6.42 Å². The van der Waals surface area contributed by atoms with E-state index < -0.39 is 24.2 Å². The van der Waals surface area contributed by atoms with Crippen LogP contribution in [0.2, 0.25) is 5.02 Å². The lowest BCUT2D eigenvalue weighted by molar-refractivity contribution is 1.14. The minimum absolute atomic E-state index is 0.211. The molecule has 0 saturated heterocycles. The summed E-state index contributed by atoms with van der Waals surface area (Å²) in [5.41, 5.74) is -0.174. The molecule has 0 atom stereocenters. The van der Waals surface area contributed by atoms with Crippen molar-refractivity contribution < 1.29 is 11.0 Å². The highest BCUT2D eigenvalue weighted by Crippen LogP contribution is 2.27. The summed E-state index contributed by atoms with van der Waals surface area (Å²) in [4.78, 5) is 0. The van der Waals surface area contributed by atoms with Gasteiger partial charge in [0.25, 0.3) is 0 Å². The van der Waals surface area contributed by atoms with E-state index in [0.717, 1.165) is 0 Å². The summed E-state index contributed by atoms with van der Waals surface area (Å²) in [5.74, 6) is 0. The molecule has 0 amide bonds. The SMILES string of the molecule is [2H]c1c([2H])c([2H])c(-c2c([2H])c([2H])c(CC)c([2H])c2[2H])c(Cl)c1[2H]. The molecule has 0 aliphatic carbocycles. The van der Waals surface area contributed by atoms with Crippen molar-refractivity contribution in [3.05, 3.63) is 58.9 Å². The van der Waals surface area contributed by atoms with Crippen LogP contribution in [0, 0.1) is 0 Å². The van der Waals surface area contributed by atoms with Gasteiger partial charge in [-0.1, -0.05) is 60.8 Å². The van der Waals surface area contributed by atoms with Gasteiger partial charge >= 0.3 is 0 Å². The van der Waals surface area contributed by atoms with E-state index in [4.69, 9.17) is 22.6 Å². The van der Waals surface area contributed by atoms with E-state index in [9.17, 15) is 0 Å². The van der Waals surface area contributed by atoms with E-state index in [1.807, 2.05) is 0 Å². The molecule has 0 aromatic heterocycles. The molecule has 0 bridgehead atoms. The molecule has 0 aliphatic heterocycles. The average molecular weight is 225 g/mol. The van der Waals surface area contributed by atoms with Gasteiger partial charge in [0, 0.05) is 10.6 Å². The third-order valence-corrected chi connectivity index (χ3v) is 2.21. The minimum atomic E-state index is -0.536. The van der Waals surface area contributed by atoms with E-state index >= 15 is 0 Å². The number of benzene rings is 2. The van der Waals surface area contributed by atoms with Crippen molar-refractivity contribution in [2.24, 2.45) is 0 Å². The van der Waals surface area contributed by atoms with E-state index in [2.05, 4.69) is 0 Å². The zero-order valence-electron chi connectivity index (χ0n) is 16.1. The lowest BCUT2D eigenvalue weighted by Gasteiger charge is -2.04. The second-order valence-electron chi connectivity index (χ2n) is 2.90. The molecule has 0 nitrogen and oxygen atoms in total. The van der Waals surface area contributed by atoms with Crippen molar-refractivity contribution in [3.63, 3.8) is 0 Å². The van der Waals surface area contributed by atoms with Gasteiger partial charge < -0.3 is 0 Å². The highest BCUT2D eigenvalue weighted by Gasteiger charge is 2.01. The van der Waals surface area contributed by atoms with Crippen LogP contribution in [0.1, 0.15) is 23.5 Å². The van der Waals surface area contributed by atoms with Crippen molar-refractivity contribution in [3.8, 4) is 11.1 Å². The molecule has 0 spiro atoms. The Kier molecular flexibility index (Phi) is 1.29. The highest BCUT2D eigenvalue weighted by molar-refractivity contribution is 6.33.